The van der Waals surface area contributed by atoms with Crippen molar-refractivity contribution in [2.75, 3.05) is 27.7 Å². The normalized spacial score (nSPS) is 12.1. The summed E-state index contributed by atoms with van der Waals surface area (Å²) in [6.07, 6.45) is 0.361. The number of methoxy groups -OCH3 is 1. The Morgan fingerprint density at radius 3 is 2.41 bits per heavy atom. The Kier molecular flexibility index (Phi) is 6.09. The first-order valence-electron chi connectivity index (χ1n) is 9.12. The molecule has 0 aliphatic heterocycles. The van der Waals surface area contributed by atoms with Gasteiger partial charge in [-0.2, -0.15) is 0 Å². The molecular formula is C23H26N2O2. The summed E-state index contributed by atoms with van der Waals surface area (Å²) in [6, 6.07) is 22.4. The fourth-order valence-electron chi connectivity index (χ4n) is 3.31. The van der Waals surface area contributed by atoms with Gasteiger partial charge in [0.2, 0.25) is 5.91 Å². The molecule has 0 saturated heterocycles. The average molecular weight is 362 g/mol. The standard InChI is InChI=1S/C23H26N2O2/c1-25(2)22(21-10-6-8-18-7-4-5-9-20(18)21)16-24-23(26)15-17-11-13-19(27-3)14-12-17/h4-14,22H,15-16H2,1-3H3,(H,24,26)/t22-/m0/s1. The number of hydrogen-bond donors (Lipinski definition) is 1. The molecule has 0 unspecified atom stereocenters. The van der Waals surface area contributed by atoms with Gasteiger partial charge in [0.25, 0.3) is 0 Å². The van der Waals surface area contributed by atoms with Crippen LogP contribution in [0, 0.1) is 0 Å². The molecule has 1 amide bonds. The largest absolute Gasteiger partial charge is 0.497 e. The summed E-state index contributed by atoms with van der Waals surface area (Å²) >= 11 is 0. The van der Waals surface area contributed by atoms with E-state index in [2.05, 4.69) is 46.6 Å². The van der Waals surface area contributed by atoms with Gasteiger partial charge in [-0.25, -0.2) is 0 Å². The van der Waals surface area contributed by atoms with Gasteiger partial charge in [0.1, 0.15) is 5.75 Å². The quantitative estimate of drug-likeness (QED) is 0.695. The Morgan fingerprint density at radius 2 is 1.70 bits per heavy atom. The number of carbonyl (C=O) groups excluding carboxylic acids is 1. The molecule has 3 aromatic rings. The first-order valence-corrected chi connectivity index (χ1v) is 9.12. The number of ether oxygens (including phenoxy) is 1. The smallest absolute Gasteiger partial charge is 0.224 e. The van der Waals surface area contributed by atoms with E-state index in [0.717, 1.165) is 11.3 Å². The lowest BCUT2D eigenvalue weighted by Gasteiger charge is -2.26. The zero-order chi connectivity index (χ0) is 19.2. The van der Waals surface area contributed by atoms with Crippen molar-refractivity contribution in [1.29, 1.82) is 0 Å². The monoisotopic (exact) mass is 362 g/mol. The van der Waals surface area contributed by atoms with Gasteiger partial charge in [-0.15, -0.1) is 0 Å². The van der Waals surface area contributed by atoms with Gasteiger partial charge in [0.05, 0.1) is 19.6 Å². The van der Waals surface area contributed by atoms with Gasteiger partial charge in [-0.1, -0.05) is 54.6 Å². The second-order valence-electron chi connectivity index (χ2n) is 6.88. The molecule has 1 atom stereocenters. The Balaban J connectivity index is 1.70. The second kappa shape index (κ2) is 8.69. The molecule has 27 heavy (non-hydrogen) atoms. The van der Waals surface area contributed by atoms with E-state index in [4.69, 9.17) is 4.74 Å². The zero-order valence-electron chi connectivity index (χ0n) is 16.1. The van der Waals surface area contributed by atoms with Crippen molar-refractivity contribution in [3.8, 4) is 5.75 Å². The van der Waals surface area contributed by atoms with Crippen LogP contribution in [0.15, 0.2) is 66.7 Å². The van der Waals surface area contributed by atoms with Crippen LogP contribution in [0.1, 0.15) is 17.2 Å². The van der Waals surface area contributed by atoms with Crippen molar-refractivity contribution in [3.05, 3.63) is 77.9 Å². The molecule has 0 saturated carbocycles. The van der Waals surface area contributed by atoms with E-state index in [1.165, 1.54) is 16.3 Å². The predicted molar refractivity (Wildman–Crippen MR) is 110 cm³/mol. The van der Waals surface area contributed by atoms with Gasteiger partial charge in [-0.3, -0.25) is 4.79 Å². The molecule has 0 radical (unpaired) electrons. The van der Waals surface area contributed by atoms with E-state index >= 15 is 0 Å². The lowest BCUT2D eigenvalue weighted by molar-refractivity contribution is -0.120. The molecule has 0 spiro atoms. The Morgan fingerprint density at radius 1 is 1.00 bits per heavy atom. The number of fused-ring (bicyclic) bond motifs is 1. The van der Waals surface area contributed by atoms with Crippen molar-refractivity contribution in [3.63, 3.8) is 0 Å². The molecule has 3 aromatic carbocycles. The first-order chi connectivity index (χ1) is 13.1. The van der Waals surface area contributed by atoms with E-state index in [-0.39, 0.29) is 11.9 Å². The summed E-state index contributed by atoms with van der Waals surface area (Å²) in [7, 11) is 5.72. The molecule has 1 N–H and O–H groups in total. The first kappa shape index (κ1) is 18.9. The summed E-state index contributed by atoms with van der Waals surface area (Å²) < 4.78 is 5.16. The minimum absolute atomic E-state index is 0.0206. The summed E-state index contributed by atoms with van der Waals surface area (Å²) in [5.41, 5.74) is 2.20. The number of amides is 1. The maximum atomic E-state index is 12.4. The van der Waals surface area contributed by atoms with Crippen LogP contribution in [0.2, 0.25) is 0 Å². The van der Waals surface area contributed by atoms with Crippen LogP contribution >= 0.6 is 0 Å². The van der Waals surface area contributed by atoms with E-state index in [0.29, 0.717) is 13.0 Å². The maximum Gasteiger partial charge on any atom is 0.224 e. The highest BCUT2D eigenvalue weighted by Gasteiger charge is 2.17. The Hall–Kier alpha value is -2.85. The minimum atomic E-state index is 0.0206. The number of rotatable bonds is 7. The molecule has 0 heterocycles. The number of carbonyl (C=O) groups is 1. The number of likely N-dealkylation sites (N-methyl/N-ethyl adjacent to an activating group) is 1. The average Bonchev–Trinajstić information content (AvgIpc) is 2.68. The van der Waals surface area contributed by atoms with Crippen LogP contribution in [-0.2, 0) is 11.2 Å². The van der Waals surface area contributed by atoms with E-state index in [1.54, 1.807) is 7.11 Å². The van der Waals surface area contributed by atoms with Gasteiger partial charge < -0.3 is 15.0 Å². The van der Waals surface area contributed by atoms with Crippen molar-refractivity contribution in [2.24, 2.45) is 0 Å². The SMILES string of the molecule is COc1ccc(CC(=O)NC[C@@H](c2cccc3ccccc23)N(C)C)cc1. The van der Waals surface area contributed by atoms with Gasteiger partial charge in [0, 0.05) is 6.54 Å². The highest BCUT2D eigenvalue weighted by molar-refractivity contribution is 5.86. The van der Waals surface area contributed by atoms with E-state index < -0.39 is 0 Å². The summed E-state index contributed by atoms with van der Waals surface area (Å²) in [5, 5.41) is 5.53. The lowest BCUT2D eigenvalue weighted by atomic mass is 9.98. The van der Waals surface area contributed by atoms with Crippen LogP contribution < -0.4 is 10.1 Å². The number of hydrogen-bond acceptors (Lipinski definition) is 3. The topological polar surface area (TPSA) is 41.6 Å². The van der Waals surface area contributed by atoms with Crippen molar-refractivity contribution in [1.82, 2.24) is 10.2 Å². The van der Waals surface area contributed by atoms with Crippen molar-refractivity contribution in [2.45, 2.75) is 12.5 Å². The molecule has 0 aromatic heterocycles. The third-order valence-corrected chi connectivity index (χ3v) is 4.82. The van der Waals surface area contributed by atoms with Gasteiger partial charge >= 0.3 is 0 Å². The molecule has 140 valence electrons. The maximum absolute atomic E-state index is 12.4. The number of benzene rings is 3. The highest BCUT2D eigenvalue weighted by Crippen LogP contribution is 2.26. The molecule has 3 rings (SSSR count). The summed E-state index contributed by atoms with van der Waals surface area (Å²) in [4.78, 5) is 14.6. The van der Waals surface area contributed by atoms with Crippen LogP contribution in [0.3, 0.4) is 0 Å². The predicted octanol–water partition coefficient (Wildman–Crippen LogP) is 3.81. The van der Waals surface area contributed by atoms with Gasteiger partial charge in [-0.05, 0) is 48.1 Å². The Bertz CT molecular complexity index is 898. The fourth-order valence-corrected chi connectivity index (χ4v) is 3.31. The molecular weight excluding hydrogens is 336 g/mol. The van der Waals surface area contributed by atoms with Crippen LogP contribution in [-0.4, -0.2) is 38.6 Å². The Labute approximate surface area is 160 Å². The zero-order valence-corrected chi connectivity index (χ0v) is 16.1. The minimum Gasteiger partial charge on any atom is -0.497 e. The van der Waals surface area contributed by atoms with E-state index in [9.17, 15) is 4.79 Å². The van der Waals surface area contributed by atoms with Crippen LogP contribution in [0.25, 0.3) is 10.8 Å². The molecule has 4 heteroatoms. The highest BCUT2D eigenvalue weighted by atomic mass is 16.5. The lowest BCUT2D eigenvalue weighted by Crippen LogP contribution is -2.35. The molecule has 0 aliphatic carbocycles. The van der Waals surface area contributed by atoms with Crippen molar-refractivity contribution >= 4 is 16.7 Å². The van der Waals surface area contributed by atoms with Gasteiger partial charge in [0.15, 0.2) is 0 Å². The molecule has 0 bridgehead atoms. The number of nitrogens with one attached hydrogen (secondary N) is 1. The third kappa shape index (κ3) is 4.66. The fraction of sp³-hybridized carbons (Fsp3) is 0.261. The van der Waals surface area contributed by atoms with E-state index in [1.807, 2.05) is 44.4 Å². The van der Waals surface area contributed by atoms with Crippen LogP contribution in [0.4, 0.5) is 0 Å². The summed E-state index contributed by atoms with van der Waals surface area (Å²) in [5.74, 6) is 0.815. The number of nitrogens with zero attached hydrogens (tertiary/aromatic N) is 1. The van der Waals surface area contributed by atoms with Crippen LogP contribution in [0.5, 0.6) is 5.75 Å². The van der Waals surface area contributed by atoms with Crippen molar-refractivity contribution < 1.29 is 9.53 Å². The molecule has 0 fully saturated rings. The molecule has 4 nitrogen and oxygen atoms in total. The molecule has 0 aliphatic rings. The third-order valence-electron chi connectivity index (χ3n) is 4.82. The summed E-state index contributed by atoms with van der Waals surface area (Å²) in [6.45, 7) is 0.565. The second-order valence-corrected chi connectivity index (χ2v) is 6.88.